The molecule has 0 aromatic heterocycles. The second-order valence-corrected chi connectivity index (χ2v) is 15.2. The Morgan fingerprint density at radius 1 is 0.698 bits per heavy atom. The van der Waals surface area contributed by atoms with Crippen LogP contribution in [0.3, 0.4) is 0 Å². The first-order valence-electron chi connectivity index (χ1n) is 19.5. The van der Waals surface area contributed by atoms with Crippen molar-refractivity contribution in [2.24, 2.45) is 23.7 Å². The molecule has 8 nitrogen and oxygen atoms in total. The molecular formula is C45H58N2O6. The molecule has 53 heavy (non-hydrogen) atoms. The Kier molecular flexibility index (Phi) is 14.3. The molecule has 8 heteroatoms. The van der Waals surface area contributed by atoms with Gasteiger partial charge >= 0.3 is 0 Å². The van der Waals surface area contributed by atoms with E-state index in [2.05, 4.69) is 13.8 Å². The second-order valence-electron chi connectivity index (χ2n) is 15.2. The first kappa shape index (κ1) is 39.8. The summed E-state index contributed by atoms with van der Waals surface area (Å²) in [5.41, 5.74) is 14.4. The predicted octanol–water partition coefficient (Wildman–Crippen LogP) is 8.76. The van der Waals surface area contributed by atoms with Crippen molar-refractivity contribution in [3.05, 3.63) is 95.6 Å². The monoisotopic (exact) mass is 722 g/mol. The number of ether oxygens (including phenoxy) is 2. The van der Waals surface area contributed by atoms with Gasteiger partial charge in [0.25, 0.3) is 0 Å². The highest BCUT2D eigenvalue weighted by Gasteiger charge is 2.43. The topological polar surface area (TPSA) is 145 Å². The fourth-order valence-corrected chi connectivity index (χ4v) is 7.70. The van der Waals surface area contributed by atoms with Gasteiger partial charge < -0.3 is 31.2 Å². The average Bonchev–Trinajstić information content (AvgIpc) is 3.18. The molecule has 0 spiro atoms. The van der Waals surface area contributed by atoms with Crippen molar-refractivity contribution in [3.63, 3.8) is 0 Å². The summed E-state index contributed by atoms with van der Waals surface area (Å²) in [5.74, 6) is -1.30. The van der Waals surface area contributed by atoms with E-state index >= 15 is 0 Å². The molecule has 2 aliphatic carbocycles. The zero-order valence-electron chi connectivity index (χ0n) is 31.4. The molecule has 2 fully saturated rings. The number of ketones is 2. The molecule has 1 unspecified atom stereocenters. The highest BCUT2D eigenvalue weighted by molar-refractivity contribution is 6.01. The van der Waals surface area contributed by atoms with Crippen LogP contribution in [0.4, 0.5) is 11.4 Å². The fraction of sp³-hybridized carbons (Fsp3) is 0.467. The summed E-state index contributed by atoms with van der Waals surface area (Å²) >= 11 is 0. The molecule has 284 valence electrons. The lowest BCUT2D eigenvalue weighted by Gasteiger charge is -2.30. The van der Waals surface area contributed by atoms with E-state index < -0.39 is 23.3 Å². The summed E-state index contributed by atoms with van der Waals surface area (Å²) in [7, 11) is 0. The van der Waals surface area contributed by atoms with Crippen LogP contribution >= 0.6 is 0 Å². The van der Waals surface area contributed by atoms with Crippen LogP contribution in [0.15, 0.2) is 78.9 Å². The van der Waals surface area contributed by atoms with E-state index in [1.807, 2.05) is 48.5 Å². The minimum atomic E-state index is -2.93. The van der Waals surface area contributed by atoms with Gasteiger partial charge in [-0.3, -0.25) is 9.59 Å². The van der Waals surface area contributed by atoms with Crippen molar-refractivity contribution < 1.29 is 29.3 Å². The molecule has 6 N–H and O–H groups in total. The summed E-state index contributed by atoms with van der Waals surface area (Å²) in [6.45, 7) is 5.92. The van der Waals surface area contributed by atoms with Crippen molar-refractivity contribution in [3.8, 4) is 11.5 Å². The largest absolute Gasteiger partial charge is 0.493 e. The van der Waals surface area contributed by atoms with Gasteiger partial charge in [-0.2, -0.15) is 0 Å². The zero-order chi connectivity index (χ0) is 37.8. The highest BCUT2D eigenvalue weighted by Crippen LogP contribution is 2.37. The predicted molar refractivity (Wildman–Crippen MR) is 213 cm³/mol. The molecule has 2 aliphatic rings. The van der Waals surface area contributed by atoms with Crippen LogP contribution in [0.1, 0.15) is 107 Å². The number of rotatable bonds is 17. The second kappa shape index (κ2) is 19.1. The lowest BCUT2D eigenvalue weighted by molar-refractivity contribution is -0.187. The van der Waals surface area contributed by atoms with Crippen molar-refractivity contribution >= 4 is 35.1 Å². The van der Waals surface area contributed by atoms with E-state index in [-0.39, 0.29) is 17.7 Å². The molecule has 3 aromatic carbocycles. The Balaban J connectivity index is 1.19. The molecule has 0 heterocycles. The van der Waals surface area contributed by atoms with E-state index in [1.54, 1.807) is 12.1 Å². The van der Waals surface area contributed by atoms with Gasteiger partial charge in [0, 0.05) is 17.8 Å². The minimum absolute atomic E-state index is 0.152. The van der Waals surface area contributed by atoms with Gasteiger partial charge in [0.2, 0.25) is 11.6 Å². The average molecular weight is 723 g/mol. The Labute approximate surface area is 315 Å². The maximum absolute atomic E-state index is 13.4. The van der Waals surface area contributed by atoms with Gasteiger partial charge in [-0.25, -0.2) is 0 Å². The van der Waals surface area contributed by atoms with Crippen molar-refractivity contribution in [2.45, 2.75) is 96.2 Å². The number of hydrogen-bond donors (Lipinski definition) is 4. The van der Waals surface area contributed by atoms with Crippen LogP contribution in [0.2, 0.25) is 0 Å². The molecule has 0 aliphatic heterocycles. The minimum Gasteiger partial charge on any atom is -0.493 e. The Hall–Kier alpha value is -4.40. The summed E-state index contributed by atoms with van der Waals surface area (Å²) < 4.78 is 12.1. The quantitative estimate of drug-likeness (QED) is 0.0615. The van der Waals surface area contributed by atoms with Crippen molar-refractivity contribution in [1.82, 2.24) is 0 Å². The number of benzene rings is 3. The Morgan fingerprint density at radius 3 is 1.60 bits per heavy atom. The molecular weight excluding hydrogens is 665 g/mol. The fourth-order valence-electron chi connectivity index (χ4n) is 7.70. The lowest BCUT2D eigenvalue weighted by atomic mass is 9.81. The van der Waals surface area contributed by atoms with Crippen LogP contribution in [0, 0.1) is 23.7 Å². The van der Waals surface area contributed by atoms with E-state index in [1.165, 1.54) is 88.5 Å². The van der Waals surface area contributed by atoms with Gasteiger partial charge in [-0.15, -0.1) is 0 Å². The molecule has 1 atom stereocenters. The maximum atomic E-state index is 13.4. The molecule has 2 saturated carbocycles. The van der Waals surface area contributed by atoms with E-state index in [0.717, 1.165) is 35.0 Å². The van der Waals surface area contributed by atoms with E-state index in [4.69, 9.17) is 20.9 Å². The number of nitrogen functional groups attached to an aromatic ring is 2. The van der Waals surface area contributed by atoms with Gasteiger partial charge in [-0.05, 0) is 115 Å². The van der Waals surface area contributed by atoms with Gasteiger partial charge in [0.1, 0.15) is 11.5 Å². The summed E-state index contributed by atoms with van der Waals surface area (Å²) in [4.78, 5) is 26.7. The Bertz CT molecular complexity index is 1680. The van der Waals surface area contributed by atoms with Crippen LogP contribution in [0.5, 0.6) is 11.5 Å². The summed E-state index contributed by atoms with van der Waals surface area (Å²) in [6.07, 6.45) is 17.7. The molecule has 0 radical (unpaired) electrons. The van der Waals surface area contributed by atoms with E-state index in [0.29, 0.717) is 36.3 Å². The van der Waals surface area contributed by atoms with Gasteiger partial charge in [-0.1, -0.05) is 94.9 Å². The zero-order valence-corrected chi connectivity index (χ0v) is 31.4. The van der Waals surface area contributed by atoms with E-state index in [9.17, 15) is 19.8 Å². The first-order chi connectivity index (χ1) is 25.5. The van der Waals surface area contributed by atoms with Crippen LogP contribution in [-0.2, 0) is 9.59 Å². The SMILES string of the molecule is CCC1CCC(COc2ccc(C=CC(=O)CC(c3ccc(N)cc3N)C(O)(O)C(=O)C=Cc3ccc(OCC4CCC(CC)CC4)cc3)cc2)CC1. The Morgan fingerprint density at radius 2 is 1.15 bits per heavy atom. The number of carbonyl (C=O) groups excluding carboxylic acids is 2. The van der Waals surface area contributed by atoms with Gasteiger partial charge in [0.05, 0.1) is 19.1 Å². The third kappa shape index (κ3) is 11.5. The normalized spacial score (nSPS) is 21.4. The van der Waals surface area contributed by atoms with Crippen LogP contribution < -0.4 is 20.9 Å². The summed E-state index contributed by atoms with van der Waals surface area (Å²) in [6, 6.07) is 19.4. The number of aliphatic hydroxyl groups is 2. The van der Waals surface area contributed by atoms with Crippen molar-refractivity contribution in [2.75, 3.05) is 24.7 Å². The molecule has 3 aromatic rings. The lowest BCUT2D eigenvalue weighted by Crippen LogP contribution is -2.44. The number of nitrogens with two attached hydrogens (primary N) is 2. The molecule has 5 rings (SSSR count). The number of anilines is 2. The standard InChI is InChI=1S/C45H58N2O6/c1-3-31-5-9-35(10-6-31)29-52-39-21-14-33(15-22-39)13-20-38(48)28-42(41-25-19-37(46)27-43(41)47)45(50,51)44(49)26-18-34-16-23-40(24-17-34)53-30-36-11-7-32(4-2)8-12-36/h13-27,31-32,35-36,42,50-51H,3-12,28-30,46-47H2,1-2H3. The van der Waals surface area contributed by atoms with Crippen LogP contribution in [0.25, 0.3) is 12.2 Å². The van der Waals surface area contributed by atoms with Crippen molar-refractivity contribution in [1.29, 1.82) is 0 Å². The summed E-state index contributed by atoms with van der Waals surface area (Å²) in [5, 5.41) is 22.7. The van der Waals surface area contributed by atoms with Gasteiger partial charge in [0.15, 0.2) is 5.78 Å². The maximum Gasteiger partial charge on any atom is 0.235 e. The molecule has 0 amide bonds. The molecule has 0 saturated heterocycles. The highest BCUT2D eigenvalue weighted by atomic mass is 16.5. The smallest absolute Gasteiger partial charge is 0.235 e. The number of carbonyl (C=O) groups is 2. The first-order valence-corrected chi connectivity index (χ1v) is 19.5. The number of allylic oxidation sites excluding steroid dienone is 1. The third-order valence-corrected chi connectivity index (χ3v) is 11.4. The number of hydrogen-bond acceptors (Lipinski definition) is 8. The molecule has 0 bridgehead atoms. The third-order valence-electron chi connectivity index (χ3n) is 11.4. The van der Waals surface area contributed by atoms with Crippen LogP contribution in [-0.4, -0.2) is 40.8 Å².